The SMILES string of the molecule is CCCCCCCCN1/C(=C/C2=C([O-])C(=C/c3ccc4ccccc4[n+]3CCCCCCCC)/C2=O)C=Cc2ccccc21. The van der Waals surface area contributed by atoms with Crippen molar-refractivity contribution in [2.45, 2.75) is 97.4 Å². The van der Waals surface area contributed by atoms with Gasteiger partial charge in [0.15, 0.2) is 5.78 Å². The Kier molecular flexibility index (Phi) is 11.2. The summed E-state index contributed by atoms with van der Waals surface area (Å²) < 4.78 is 2.28. The van der Waals surface area contributed by atoms with Gasteiger partial charge in [-0.25, -0.2) is 0 Å². The summed E-state index contributed by atoms with van der Waals surface area (Å²) in [5.41, 5.74) is 5.83. The maximum atomic E-state index is 13.5. The summed E-state index contributed by atoms with van der Waals surface area (Å²) in [5.74, 6) is -0.318. The van der Waals surface area contributed by atoms with E-state index in [-0.39, 0.29) is 22.7 Å². The van der Waals surface area contributed by atoms with Crippen molar-refractivity contribution in [3.05, 3.63) is 107 Å². The van der Waals surface area contributed by atoms with Crippen molar-refractivity contribution in [1.82, 2.24) is 0 Å². The van der Waals surface area contributed by atoms with Crippen LogP contribution in [0, 0.1) is 0 Å². The van der Waals surface area contributed by atoms with Crippen LogP contribution in [0.5, 0.6) is 0 Å². The lowest BCUT2D eigenvalue weighted by molar-refractivity contribution is -0.673. The van der Waals surface area contributed by atoms with E-state index in [1.807, 2.05) is 24.3 Å². The summed E-state index contributed by atoms with van der Waals surface area (Å²) in [4.78, 5) is 15.8. The number of fused-ring (bicyclic) bond motifs is 2. The molecule has 0 unspecified atom stereocenters. The molecule has 4 nitrogen and oxygen atoms in total. The van der Waals surface area contributed by atoms with E-state index >= 15 is 0 Å². The van der Waals surface area contributed by atoms with Gasteiger partial charge in [0, 0.05) is 59.1 Å². The molecule has 0 radical (unpaired) electrons. The van der Waals surface area contributed by atoms with Gasteiger partial charge in [-0.15, -0.1) is 0 Å². The number of aromatic nitrogens is 1. The minimum absolute atomic E-state index is 0.159. The van der Waals surface area contributed by atoms with E-state index in [4.69, 9.17) is 0 Å². The van der Waals surface area contributed by atoms with Crippen molar-refractivity contribution in [1.29, 1.82) is 0 Å². The van der Waals surface area contributed by atoms with Gasteiger partial charge in [-0.05, 0) is 48.8 Å². The third-order valence-corrected chi connectivity index (χ3v) is 8.98. The van der Waals surface area contributed by atoms with Crippen molar-refractivity contribution in [2.24, 2.45) is 0 Å². The zero-order valence-corrected chi connectivity index (χ0v) is 26.7. The molecule has 4 heteroatoms. The van der Waals surface area contributed by atoms with Gasteiger partial charge in [0.1, 0.15) is 6.54 Å². The number of aryl methyl sites for hydroxylation is 1. The molecular formula is C40H48N2O2. The minimum Gasteiger partial charge on any atom is -0.871 e. The Labute approximate surface area is 264 Å². The third kappa shape index (κ3) is 7.41. The molecule has 0 saturated carbocycles. The summed E-state index contributed by atoms with van der Waals surface area (Å²) in [6.45, 7) is 6.22. The van der Waals surface area contributed by atoms with E-state index in [1.165, 1.54) is 75.2 Å². The van der Waals surface area contributed by atoms with Gasteiger partial charge in [0.05, 0.1) is 0 Å². The van der Waals surface area contributed by atoms with Crippen molar-refractivity contribution < 1.29 is 14.5 Å². The second-order valence-electron chi connectivity index (χ2n) is 12.2. The average Bonchev–Trinajstić information content (AvgIpc) is 3.06. The van der Waals surface area contributed by atoms with E-state index in [9.17, 15) is 9.90 Å². The van der Waals surface area contributed by atoms with Crippen LogP contribution in [-0.2, 0) is 11.3 Å². The van der Waals surface area contributed by atoms with Gasteiger partial charge in [0.25, 0.3) is 0 Å². The highest BCUT2D eigenvalue weighted by Crippen LogP contribution is 2.35. The van der Waals surface area contributed by atoms with Crippen LogP contribution in [0.3, 0.4) is 0 Å². The number of hydrogen-bond donors (Lipinski definition) is 0. The number of nitrogens with zero attached hydrogens (tertiary/aromatic N) is 2. The van der Waals surface area contributed by atoms with E-state index in [1.54, 1.807) is 0 Å². The van der Waals surface area contributed by atoms with Crippen molar-refractivity contribution in [2.75, 3.05) is 11.4 Å². The molecule has 0 bridgehead atoms. The molecule has 0 atom stereocenters. The highest BCUT2D eigenvalue weighted by Gasteiger charge is 2.29. The number of carbonyl (C=O) groups excluding carboxylic acids is 1. The van der Waals surface area contributed by atoms with Crippen molar-refractivity contribution in [3.8, 4) is 0 Å². The molecule has 230 valence electrons. The molecular weight excluding hydrogens is 540 g/mol. The predicted octanol–water partition coefficient (Wildman–Crippen LogP) is 8.85. The normalized spacial score (nSPS) is 16.3. The second-order valence-corrected chi connectivity index (χ2v) is 12.2. The molecule has 0 spiro atoms. The number of allylic oxidation sites excluding steroid dienone is 4. The van der Waals surface area contributed by atoms with Crippen LogP contribution in [-0.4, -0.2) is 12.3 Å². The lowest BCUT2D eigenvalue weighted by atomic mass is 9.86. The number of rotatable bonds is 16. The molecule has 3 aromatic rings. The highest BCUT2D eigenvalue weighted by atomic mass is 16.3. The Morgan fingerprint density at radius 1 is 0.727 bits per heavy atom. The zero-order valence-electron chi connectivity index (χ0n) is 26.7. The first-order valence-corrected chi connectivity index (χ1v) is 17.0. The monoisotopic (exact) mass is 588 g/mol. The number of unbranched alkanes of at least 4 members (excludes halogenated alkanes) is 10. The average molecular weight is 589 g/mol. The molecule has 0 amide bonds. The van der Waals surface area contributed by atoms with Crippen molar-refractivity contribution in [3.63, 3.8) is 0 Å². The van der Waals surface area contributed by atoms with Crippen LogP contribution in [0.2, 0.25) is 0 Å². The lowest BCUT2D eigenvalue weighted by Crippen LogP contribution is -2.39. The Bertz CT molecular complexity index is 1580. The number of para-hydroxylation sites is 2. The lowest BCUT2D eigenvalue weighted by Gasteiger charge is -2.33. The maximum absolute atomic E-state index is 13.5. The van der Waals surface area contributed by atoms with Crippen LogP contribution >= 0.6 is 0 Å². The number of carbonyl (C=O) groups is 1. The van der Waals surface area contributed by atoms with Crippen LogP contribution in [0.25, 0.3) is 23.1 Å². The van der Waals surface area contributed by atoms with E-state index in [2.05, 4.69) is 84.0 Å². The number of benzene rings is 2. The molecule has 2 aromatic carbocycles. The fourth-order valence-corrected chi connectivity index (χ4v) is 6.40. The summed E-state index contributed by atoms with van der Waals surface area (Å²) in [6.07, 6.45) is 22.4. The number of anilines is 1. The minimum atomic E-state index is -0.159. The number of ketones is 1. The quantitative estimate of drug-likeness (QED) is 0.0954. The Morgan fingerprint density at radius 2 is 1.41 bits per heavy atom. The van der Waals surface area contributed by atoms with Gasteiger partial charge in [-0.2, -0.15) is 4.57 Å². The standard InChI is InChI=1S/C40H48N2O2/c1-3-5-7-9-11-17-27-41-33(25-23-31-19-13-15-21-37(31)41)29-35-39(43)36(40(35)44)30-34-26-24-32-20-14-16-22-38(32)42(34)28-18-12-10-8-6-4-2/h13-16,19-26,29-30H,3-12,17-18,27-28H2,1-2H3. The molecule has 1 aliphatic heterocycles. The number of hydrogen-bond acceptors (Lipinski definition) is 3. The molecule has 44 heavy (non-hydrogen) atoms. The molecule has 5 rings (SSSR count). The van der Waals surface area contributed by atoms with Gasteiger partial charge >= 0.3 is 0 Å². The van der Waals surface area contributed by atoms with E-state index < -0.39 is 0 Å². The Hall–Kier alpha value is -3.92. The number of pyridine rings is 1. The fourth-order valence-electron chi connectivity index (χ4n) is 6.40. The van der Waals surface area contributed by atoms with Gasteiger partial charge in [0.2, 0.25) is 11.2 Å². The Balaban J connectivity index is 1.38. The largest absolute Gasteiger partial charge is 0.871 e. The predicted molar refractivity (Wildman–Crippen MR) is 182 cm³/mol. The summed E-state index contributed by atoms with van der Waals surface area (Å²) in [6, 6.07) is 20.9. The van der Waals surface area contributed by atoms with E-state index in [0.29, 0.717) is 0 Å². The topological polar surface area (TPSA) is 47.2 Å². The van der Waals surface area contributed by atoms with Gasteiger partial charge in [-0.1, -0.05) is 114 Å². The van der Waals surface area contributed by atoms with Crippen LogP contribution < -0.4 is 14.6 Å². The molecule has 0 N–H and O–H groups in total. The molecule has 1 aliphatic carbocycles. The summed E-state index contributed by atoms with van der Waals surface area (Å²) in [7, 11) is 0. The molecule has 0 fully saturated rings. The molecule has 2 heterocycles. The highest BCUT2D eigenvalue weighted by molar-refractivity contribution is 6.23. The third-order valence-electron chi connectivity index (χ3n) is 8.98. The second kappa shape index (κ2) is 15.7. The molecule has 2 aliphatic rings. The van der Waals surface area contributed by atoms with Gasteiger partial charge in [-0.3, -0.25) is 4.79 Å². The summed E-state index contributed by atoms with van der Waals surface area (Å²) >= 11 is 0. The first-order valence-electron chi connectivity index (χ1n) is 17.0. The smallest absolute Gasteiger partial charge is 0.212 e. The number of Topliss-reactive ketones (excluding diaryl/α,β-unsaturated/α-hetero) is 1. The Morgan fingerprint density at radius 3 is 2.18 bits per heavy atom. The summed E-state index contributed by atoms with van der Waals surface area (Å²) in [5, 5.41) is 14.6. The zero-order chi connectivity index (χ0) is 30.7. The fraction of sp³-hybridized carbons (Fsp3) is 0.400. The van der Waals surface area contributed by atoms with Crippen LogP contribution in [0.1, 0.15) is 102 Å². The van der Waals surface area contributed by atoms with E-state index in [0.717, 1.165) is 48.5 Å². The molecule has 0 saturated heterocycles. The maximum Gasteiger partial charge on any atom is 0.212 e. The van der Waals surface area contributed by atoms with Crippen LogP contribution in [0.4, 0.5) is 5.69 Å². The van der Waals surface area contributed by atoms with Gasteiger partial charge < -0.3 is 10.0 Å². The van der Waals surface area contributed by atoms with Crippen molar-refractivity contribution >= 4 is 34.5 Å². The first-order chi connectivity index (χ1) is 21.6. The molecule has 1 aromatic heterocycles. The first kappa shape index (κ1) is 31.5. The van der Waals surface area contributed by atoms with Crippen LogP contribution in [0.15, 0.2) is 95.4 Å².